The minimum atomic E-state index is -0.0540. The summed E-state index contributed by atoms with van der Waals surface area (Å²) in [5.41, 5.74) is 11.1. The second-order valence-electron chi connectivity index (χ2n) is 12.2. The van der Waals surface area contributed by atoms with Gasteiger partial charge in [-0.05, 0) is 62.4 Å². The van der Waals surface area contributed by atoms with Gasteiger partial charge in [0.15, 0.2) is 17.5 Å². The zero-order valence-corrected chi connectivity index (χ0v) is 25.2. The summed E-state index contributed by atoms with van der Waals surface area (Å²) in [5.74, 6) is 2.63. The number of ether oxygens (including phenoxy) is 1. The van der Waals surface area contributed by atoms with Crippen LogP contribution in [0.1, 0.15) is 11.5 Å². The highest BCUT2D eigenvalue weighted by Gasteiger charge is 2.36. The smallest absolute Gasteiger partial charge is 0.182 e. The van der Waals surface area contributed by atoms with Crippen molar-refractivity contribution in [2.24, 2.45) is 0 Å². The number of fused-ring (bicyclic) bond motifs is 6. The lowest BCUT2D eigenvalue weighted by Crippen LogP contribution is -2.16. The molecule has 1 aliphatic heterocycles. The number of aromatic nitrogens is 4. The minimum absolute atomic E-state index is 0.0540. The van der Waals surface area contributed by atoms with E-state index in [0.717, 1.165) is 33.7 Å². The van der Waals surface area contributed by atoms with Crippen molar-refractivity contribution < 1.29 is 4.74 Å². The maximum absolute atomic E-state index is 6.27. The van der Waals surface area contributed by atoms with Crippen molar-refractivity contribution >= 4 is 10.8 Å². The van der Waals surface area contributed by atoms with Crippen LogP contribution in [0.2, 0.25) is 0 Å². The van der Waals surface area contributed by atoms with E-state index in [2.05, 4.69) is 97.1 Å². The summed E-state index contributed by atoms with van der Waals surface area (Å²) in [6.07, 6.45) is 10.1. The van der Waals surface area contributed by atoms with E-state index >= 15 is 0 Å². The first-order chi connectivity index (χ1) is 23.3. The zero-order chi connectivity index (χ0) is 30.9. The zero-order valence-electron chi connectivity index (χ0n) is 25.2. The molecule has 10 rings (SSSR count). The summed E-state index contributed by atoms with van der Waals surface area (Å²) in [7, 11) is 0. The van der Waals surface area contributed by atoms with Gasteiger partial charge in [-0.1, -0.05) is 121 Å². The summed E-state index contributed by atoms with van der Waals surface area (Å²) >= 11 is 0. The van der Waals surface area contributed by atoms with Gasteiger partial charge in [0, 0.05) is 28.8 Å². The molecule has 2 aromatic heterocycles. The van der Waals surface area contributed by atoms with E-state index < -0.39 is 0 Å². The van der Waals surface area contributed by atoms with Gasteiger partial charge in [-0.3, -0.25) is 4.98 Å². The molecule has 0 saturated heterocycles. The lowest BCUT2D eigenvalue weighted by molar-refractivity contribution is 0.269. The SMILES string of the molecule is C1=CC2Oc3ccnc(-c4nc(-c5ccccc5)nc(-c5ccc(-c6ccc7c(c6)-c6cccc8cccc-7c68)cc5)n4)c3C2C=C1. The topological polar surface area (TPSA) is 60.8 Å². The third-order valence-corrected chi connectivity index (χ3v) is 9.49. The first kappa shape index (κ1) is 26.1. The van der Waals surface area contributed by atoms with Crippen LogP contribution in [0.15, 0.2) is 146 Å². The van der Waals surface area contributed by atoms with Gasteiger partial charge in [0.25, 0.3) is 0 Å². The van der Waals surface area contributed by atoms with E-state index in [-0.39, 0.29) is 12.0 Å². The van der Waals surface area contributed by atoms with Gasteiger partial charge < -0.3 is 4.74 Å². The third kappa shape index (κ3) is 4.10. The van der Waals surface area contributed by atoms with Crippen LogP contribution in [0.25, 0.3) is 78.4 Å². The lowest BCUT2D eigenvalue weighted by atomic mass is 9.90. The summed E-state index contributed by atoms with van der Waals surface area (Å²) in [4.78, 5) is 19.8. The Morgan fingerprint density at radius 3 is 2.00 bits per heavy atom. The standard InChI is InChI=1S/C42H26N4O/c1-2-8-27(9-3-1)40-44-41(46-42(45-40)39-38-33-12-4-5-15-35(33)47-36(38)22-23-43-39)28-18-16-25(17-19-28)29-20-21-30-31-13-6-10-26-11-7-14-32(37(26)31)34(30)24-29/h1-24,33,35H. The number of rotatable bonds is 4. The summed E-state index contributed by atoms with van der Waals surface area (Å²) in [5, 5.41) is 2.62. The molecule has 3 aliphatic rings. The third-order valence-electron chi connectivity index (χ3n) is 9.49. The molecule has 5 aromatic carbocycles. The van der Waals surface area contributed by atoms with Gasteiger partial charge >= 0.3 is 0 Å². The van der Waals surface area contributed by atoms with Crippen molar-refractivity contribution in [3.05, 3.63) is 151 Å². The first-order valence-corrected chi connectivity index (χ1v) is 15.9. The van der Waals surface area contributed by atoms with Crippen molar-refractivity contribution in [3.8, 4) is 73.4 Å². The van der Waals surface area contributed by atoms with Crippen LogP contribution in [0, 0.1) is 0 Å². The number of allylic oxidation sites excluding steroid dienone is 2. The molecular formula is C42H26N4O. The van der Waals surface area contributed by atoms with E-state index in [1.165, 1.54) is 38.6 Å². The fourth-order valence-corrected chi connectivity index (χ4v) is 7.28. The fraction of sp³-hybridized carbons (Fsp3) is 0.0476. The van der Waals surface area contributed by atoms with E-state index in [1.807, 2.05) is 42.5 Å². The molecule has 47 heavy (non-hydrogen) atoms. The Balaban J connectivity index is 1.06. The summed E-state index contributed by atoms with van der Waals surface area (Å²) in [6, 6.07) is 40.4. The van der Waals surface area contributed by atoms with Gasteiger partial charge in [0.05, 0.1) is 0 Å². The van der Waals surface area contributed by atoms with Crippen molar-refractivity contribution in [1.29, 1.82) is 0 Å². The Bertz CT molecular complexity index is 2440. The maximum atomic E-state index is 6.27. The largest absolute Gasteiger partial charge is 0.485 e. The minimum Gasteiger partial charge on any atom is -0.485 e. The quantitative estimate of drug-likeness (QED) is 0.201. The van der Waals surface area contributed by atoms with Crippen molar-refractivity contribution in [1.82, 2.24) is 19.9 Å². The molecule has 0 saturated carbocycles. The molecule has 2 aliphatic carbocycles. The summed E-state index contributed by atoms with van der Waals surface area (Å²) < 4.78 is 6.27. The highest BCUT2D eigenvalue weighted by Crippen LogP contribution is 2.48. The second kappa shape index (κ2) is 10.2. The molecule has 0 fully saturated rings. The lowest BCUT2D eigenvalue weighted by Gasteiger charge is -2.15. The number of pyridine rings is 1. The van der Waals surface area contributed by atoms with E-state index in [9.17, 15) is 0 Å². The van der Waals surface area contributed by atoms with Crippen LogP contribution in [0.5, 0.6) is 5.75 Å². The van der Waals surface area contributed by atoms with Crippen LogP contribution in [-0.4, -0.2) is 26.0 Å². The van der Waals surface area contributed by atoms with Crippen molar-refractivity contribution in [2.75, 3.05) is 0 Å². The predicted molar refractivity (Wildman–Crippen MR) is 187 cm³/mol. The van der Waals surface area contributed by atoms with Gasteiger partial charge in [-0.2, -0.15) is 0 Å². The Hall–Kier alpha value is -6.20. The Morgan fingerprint density at radius 2 is 1.19 bits per heavy atom. The highest BCUT2D eigenvalue weighted by molar-refractivity contribution is 6.15. The average molecular weight is 603 g/mol. The molecule has 5 heteroatoms. The van der Waals surface area contributed by atoms with Crippen molar-refractivity contribution in [3.63, 3.8) is 0 Å². The number of hydrogen-bond acceptors (Lipinski definition) is 5. The van der Waals surface area contributed by atoms with Crippen LogP contribution in [0.3, 0.4) is 0 Å². The molecule has 220 valence electrons. The molecular weight excluding hydrogens is 576 g/mol. The molecule has 2 unspecified atom stereocenters. The van der Waals surface area contributed by atoms with Gasteiger partial charge in [-0.15, -0.1) is 0 Å². The van der Waals surface area contributed by atoms with Crippen LogP contribution in [0.4, 0.5) is 0 Å². The molecule has 3 heterocycles. The molecule has 7 aromatic rings. The molecule has 5 nitrogen and oxygen atoms in total. The highest BCUT2D eigenvalue weighted by atomic mass is 16.5. The Labute approximate surface area is 271 Å². The average Bonchev–Trinajstić information content (AvgIpc) is 3.69. The molecule has 0 radical (unpaired) electrons. The van der Waals surface area contributed by atoms with Crippen LogP contribution >= 0.6 is 0 Å². The normalized spacial score (nSPS) is 16.5. The number of hydrogen-bond donors (Lipinski definition) is 0. The van der Waals surface area contributed by atoms with Crippen LogP contribution < -0.4 is 4.74 Å². The van der Waals surface area contributed by atoms with E-state index in [1.54, 1.807) is 6.20 Å². The van der Waals surface area contributed by atoms with Crippen molar-refractivity contribution in [2.45, 2.75) is 12.0 Å². The van der Waals surface area contributed by atoms with Gasteiger partial charge in [0.1, 0.15) is 17.5 Å². The van der Waals surface area contributed by atoms with Crippen LogP contribution in [-0.2, 0) is 0 Å². The predicted octanol–water partition coefficient (Wildman–Crippen LogP) is 9.71. The van der Waals surface area contributed by atoms with E-state index in [4.69, 9.17) is 24.7 Å². The van der Waals surface area contributed by atoms with Gasteiger partial charge in [0.2, 0.25) is 0 Å². The molecule has 0 amide bonds. The van der Waals surface area contributed by atoms with E-state index in [0.29, 0.717) is 17.5 Å². The number of nitrogens with zero attached hydrogens (tertiary/aromatic N) is 4. The first-order valence-electron chi connectivity index (χ1n) is 15.9. The summed E-state index contributed by atoms with van der Waals surface area (Å²) in [6.45, 7) is 0. The molecule has 0 N–H and O–H groups in total. The number of benzene rings is 5. The fourth-order valence-electron chi connectivity index (χ4n) is 7.28. The maximum Gasteiger partial charge on any atom is 0.182 e. The Morgan fingerprint density at radius 1 is 0.511 bits per heavy atom. The van der Waals surface area contributed by atoms with Gasteiger partial charge in [-0.25, -0.2) is 15.0 Å². The second-order valence-corrected chi connectivity index (χ2v) is 12.2. The molecule has 2 atom stereocenters. The molecule has 0 spiro atoms. The Kier molecular flexibility index (Phi) is 5.63. The molecule has 0 bridgehead atoms. The monoisotopic (exact) mass is 602 g/mol.